The van der Waals surface area contributed by atoms with Gasteiger partial charge in [-0.3, -0.25) is 9.59 Å². The molecule has 1 fully saturated rings. The van der Waals surface area contributed by atoms with E-state index in [4.69, 9.17) is 5.73 Å². The van der Waals surface area contributed by atoms with Crippen LogP contribution in [0.3, 0.4) is 0 Å². The molecule has 1 atom stereocenters. The van der Waals surface area contributed by atoms with Gasteiger partial charge in [0.2, 0.25) is 11.8 Å². The van der Waals surface area contributed by atoms with Crippen LogP contribution in [0.25, 0.3) is 0 Å². The molecule has 1 aromatic rings. The SMILES string of the molecule is CC1CN(C)C(=O)CN1C(=O)N1CCc2c(CC(N)=O)cccc2C1. The Labute approximate surface area is 147 Å². The Hall–Kier alpha value is -2.57. The van der Waals surface area contributed by atoms with Crippen LogP contribution in [0.2, 0.25) is 0 Å². The molecule has 2 aliphatic heterocycles. The second-order valence-electron chi connectivity index (χ2n) is 6.90. The second kappa shape index (κ2) is 6.74. The molecule has 0 spiro atoms. The van der Waals surface area contributed by atoms with Crippen molar-refractivity contribution in [3.8, 4) is 0 Å². The van der Waals surface area contributed by atoms with Crippen LogP contribution >= 0.6 is 0 Å². The van der Waals surface area contributed by atoms with Crippen LogP contribution in [0.4, 0.5) is 4.79 Å². The van der Waals surface area contributed by atoms with Crippen LogP contribution < -0.4 is 5.73 Å². The number of rotatable bonds is 2. The van der Waals surface area contributed by atoms with E-state index in [1.54, 1.807) is 21.7 Å². The van der Waals surface area contributed by atoms with Crippen LogP contribution in [-0.4, -0.2) is 65.3 Å². The molecular formula is C18H24N4O3. The molecule has 25 heavy (non-hydrogen) atoms. The maximum absolute atomic E-state index is 12.9. The molecule has 7 heteroatoms. The number of benzene rings is 1. The first-order valence-electron chi connectivity index (χ1n) is 8.54. The number of nitrogens with two attached hydrogens (primary N) is 1. The van der Waals surface area contributed by atoms with E-state index in [0.717, 1.165) is 16.7 Å². The highest BCUT2D eigenvalue weighted by molar-refractivity contribution is 5.85. The van der Waals surface area contributed by atoms with Gasteiger partial charge < -0.3 is 20.4 Å². The molecule has 134 valence electrons. The highest BCUT2D eigenvalue weighted by Gasteiger charge is 2.34. The molecule has 1 unspecified atom stereocenters. The Balaban J connectivity index is 1.75. The summed E-state index contributed by atoms with van der Waals surface area (Å²) >= 11 is 0. The first kappa shape index (κ1) is 17.3. The number of carbonyl (C=O) groups is 3. The largest absolute Gasteiger partial charge is 0.369 e. The van der Waals surface area contributed by atoms with Gasteiger partial charge in [0, 0.05) is 32.7 Å². The zero-order chi connectivity index (χ0) is 18.1. The fraction of sp³-hybridized carbons (Fsp3) is 0.500. The van der Waals surface area contributed by atoms with Crippen molar-refractivity contribution in [1.82, 2.24) is 14.7 Å². The number of amides is 4. The van der Waals surface area contributed by atoms with Crippen LogP contribution in [0.1, 0.15) is 23.6 Å². The van der Waals surface area contributed by atoms with Crippen molar-refractivity contribution in [2.45, 2.75) is 32.4 Å². The van der Waals surface area contributed by atoms with Gasteiger partial charge in [-0.05, 0) is 30.0 Å². The topological polar surface area (TPSA) is 87.0 Å². The van der Waals surface area contributed by atoms with Crippen molar-refractivity contribution < 1.29 is 14.4 Å². The average molecular weight is 344 g/mol. The van der Waals surface area contributed by atoms with Gasteiger partial charge in [-0.25, -0.2) is 4.79 Å². The third kappa shape index (κ3) is 3.45. The number of nitrogens with zero attached hydrogens (tertiary/aromatic N) is 3. The van der Waals surface area contributed by atoms with Gasteiger partial charge in [-0.2, -0.15) is 0 Å². The van der Waals surface area contributed by atoms with E-state index in [-0.39, 0.29) is 36.9 Å². The summed E-state index contributed by atoms with van der Waals surface area (Å²) in [6, 6.07) is 5.70. The number of piperazine rings is 1. The minimum absolute atomic E-state index is 0.00204. The Morgan fingerprint density at radius 1 is 1.28 bits per heavy atom. The highest BCUT2D eigenvalue weighted by Crippen LogP contribution is 2.24. The average Bonchev–Trinajstić information content (AvgIpc) is 2.57. The predicted molar refractivity (Wildman–Crippen MR) is 92.7 cm³/mol. The predicted octanol–water partition coefficient (Wildman–Crippen LogP) is 0.355. The number of likely N-dealkylation sites (N-methyl/N-ethyl adjacent to an activating group) is 1. The summed E-state index contributed by atoms with van der Waals surface area (Å²) in [5, 5.41) is 0. The van der Waals surface area contributed by atoms with Crippen molar-refractivity contribution in [1.29, 1.82) is 0 Å². The smallest absolute Gasteiger partial charge is 0.321 e. The fourth-order valence-electron chi connectivity index (χ4n) is 3.66. The van der Waals surface area contributed by atoms with E-state index in [1.165, 1.54) is 0 Å². The molecule has 0 bridgehead atoms. The van der Waals surface area contributed by atoms with Crippen LogP contribution in [0.5, 0.6) is 0 Å². The second-order valence-corrected chi connectivity index (χ2v) is 6.90. The molecule has 1 aromatic carbocycles. The van der Waals surface area contributed by atoms with Crippen molar-refractivity contribution in [3.63, 3.8) is 0 Å². The lowest BCUT2D eigenvalue weighted by atomic mass is 9.93. The summed E-state index contributed by atoms with van der Waals surface area (Å²) in [7, 11) is 1.76. The minimum atomic E-state index is -0.350. The number of fused-ring (bicyclic) bond motifs is 1. The van der Waals surface area contributed by atoms with Gasteiger partial charge in [0.05, 0.1) is 6.42 Å². The summed E-state index contributed by atoms with van der Waals surface area (Å²) in [6.07, 6.45) is 0.918. The molecule has 0 radical (unpaired) electrons. The van der Waals surface area contributed by atoms with Gasteiger partial charge in [-0.15, -0.1) is 0 Å². The molecule has 2 N–H and O–H groups in total. The van der Waals surface area contributed by atoms with Crippen LogP contribution in [0, 0.1) is 0 Å². The van der Waals surface area contributed by atoms with E-state index in [0.29, 0.717) is 26.1 Å². The highest BCUT2D eigenvalue weighted by atomic mass is 16.2. The number of hydrogen-bond acceptors (Lipinski definition) is 3. The van der Waals surface area contributed by atoms with E-state index in [9.17, 15) is 14.4 Å². The Morgan fingerprint density at radius 3 is 2.76 bits per heavy atom. The van der Waals surface area contributed by atoms with Crippen molar-refractivity contribution >= 4 is 17.8 Å². The molecule has 3 rings (SSSR count). The lowest BCUT2D eigenvalue weighted by molar-refractivity contribution is -0.135. The van der Waals surface area contributed by atoms with Crippen molar-refractivity contribution in [2.75, 3.05) is 26.7 Å². The van der Waals surface area contributed by atoms with Crippen LogP contribution in [-0.2, 0) is 29.0 Å². The first-order chi connectivity index (χ1) is 11.9. The quantitative estimate of drug-likeness (QED) is 0.840. The van der Waals surface area contributed by atoms with Gasteiger partial charge in [0.25, 0.3) is 0 Å². The number of hydrogen-bond donors (Lipinski definition) is 1. The maximum atomic E-state index is 12.9. The third-order valence-corrected chi connectivity index (χ3v) is 5.05. The molecule has 2 aliphatic rings. The summed E-state index contributed by atoms with van der Waals surface area (Å²) in [4.78, 5) is 41.2. The number of primary amides is 1. The Bertz CT molecular complexity index is 718. The van der Waals surface area contributed by atoms with E-state index < -0.39 is 0 Å². The molecule has 4 amide bonds. The normalized spacial score (nSPS) is 20.5. The number of urea groups is 1. The summed E-state index contributed by atoms with van der Waals surface area (Å²) < 4.78 is 0. The maximum Gasteiger partial charge on any atom is 0.321 e. The van der Waals surface area contributed by atoms with Crippen LogP contribution in [0.15, 0.2) is 18.2 Å². The van der Waals surface area contributed by atoms with Gasteiger partial charge in [0.15, 0.2) is 0 Å². The van der Waals surface area contributed by atoms with Gasteiger partial charge >= 0.3 is 6.03 Å². The van der Waals surface area contributed by atoms with Crippen molar-refractivity contribution in [3.05, 3.63) is 34.9 Å². The third-order valence-electron chi connectivity index (χ3n) is 5.05. The van der Waals surface area contributed by atoms with Gasteiger partial charge in [0.1, 0.15) is 6.54 Å². The zero-order valence-corrected chi connectivity index (χ0v) is 14.7. The summed E-state index contributed by atoms with van der Waals surface area (Å²) in [5.74, 6) is -0.385. The summed E-state index contributed by atoms with van der Waals surface area (Å²) in [5.41, 5.74) is 8.43. The van der Waals surface area contributed by atoms with Gasteiger partial charge in [-0.1, -0.05) is 18.2 Å². The molecule has 0 aromatic heterocycles. The lowest BCUT2D eigenvalue weighted by Gasteiger charge is -2.41. The molecular weight excluding hydrogens is 320 g/mol. The first-order valence-corrected chi connectivity index (χ1v) is 8.54. The molecule has 0 saturated carbocycles. The zero-order valence-electron chi connectivity index (χ0n) is 14.7. The molecule has 2 heterocycles. The Kier molecular flexibility index (Phi) is 4.65. The lowest BCUT2D eigenvalue weighted by Crippen LogP contribution is -2.59. The Morgan fingerprint density at radius 2 is 2.04 bits per heavy atom. The fourth-order valence-corrected chi connectivity index (χ4v) is 3.66. The molecule has 7 nitrogen and oxygen atoms in total. The van der Waals surface area contributed by atoms with E-state index in [1.807, 2.05) is 25.1 Å². The molecule has 0 aliphatic carbocycles. The monoisotopic (exact) mass is 344 g/mol. The minimum Gasteiger partial charge on any atom is -0.369 e. The standard InChI is InChI=1S/C18H24N4O3/c1-12-9-20(2)17(24)11-22(12)18(25)21-7-6-15-13(8-16(19)23)4-3-5-14(15)10-21/h3-5,12H,6-11H2,1-2H3,(H2,19,23). The van der Waals surface area contributed by atoms with Crippen molar-refractivity contribution in [2.24, 2.45) is 5.73 Å². The van der Waals surface area contributed by atoms with E-state index in [2.05, 4.69) is 0 Å². The van der Waals surface area contributed by atoms with E-state index >= 15 is 0 Å². The number of carbonyl (C=O) groups excluding carboxylic acids is 3. The molecule has 1 saturated heterocycles. The summed E-state index contributed by atoms with van der Waals surface area (Å²) in [6.45, 7) is 3.71.